The van der Waals surface area contributed by atoms with E-state index >= 15 is 0 Å². The third kappa shape index (κ3) is 4.03. The molecule has 1 aromatic carbocycles. The Hall–Kier alpha value is -3.39. The van der Waals surface area contributed by atoms with Crippen molar-refractivity contribution in [3.63, 3.8) is 0 Å². The zero-order chi connectivity index (χ0) is 25.1. The summed E-state index contributed by atoms with van der Waals surface area (Å²) in [6.45, 7) is 5.56. The van der Waals surface area contributed by atoms with Gasteiger partial charge in [0, 0.05) is 46.4 Å². The van der Waals surface area contributed by atoms with E-state index in [1.165, 1.54) is 16.5 Å². The first-order chi connectivity index (χ1) is 17.3. The number of halogens is 2. The maximum Gasteiger partial charge on any atom is 0.261 e. The van der Waals surface area contributed by atoms with Crippen LogP contribution in [0.1, 0.15) is 73.1 Å². The molecule has 4 heterocycles. The quantitative estimate of drug-likeness (QED) is 0.362. The summed E-state index contributed by atoms with van der Waals surface area (Å²) in [7, 11) is 0. The maximum atomic E-state index is 15.0. The van der Waals surface area contributed by atoms with Crippen LogP contribution in [0.3, 0.4) is 0 Å². The Labute approximate surface area is 207 Å². The number of nitrogens with zero attached hydrogens (tertiary/aromatic N) is 4. The van der Waals surface area contributed by atoms with Crippen molar-refractivity contribution in [3.8, 4) is 11.1 Å². The first kappa shape index (κ1) is 23.0. The summed E-state index contributed by atoms with van der Waals surface area (Å²) in [6.07, 6.45) is 9.46. The zero-order valence-corrected chi connectivity index (χ0v) is 20.5. The second kappa shape index (κ2) is 8.62. The van der Waals surface area contributed by atoms with Crippen LogP contribution >= 0.6 is 0 Å². The molecule has 0 unspecified atom stereocenters. The Morgan fingerprint density at radius 2 is 1.83 bits per heavy atom. The van der Waals surface area contributed by atoms with E-state index in [1.807, 2.05) is 30.1 Å². The highest BCUT2D eigenvalue weighted by Crippen LogP contribution is 2.42. The average molecular weight is 491 g/mol. The summed E-state index contributed by atoms with van der Waals surface area (Å²) >= 11 is 0. The van der Waals surface area contributed by atoms with E-state index in [1.54, 1.807) is 13.8 Å². The number of rotatable bonds is 4. The van der Waals surface area contributed by atoms with Crippen molar-refractivity contribution in [2.45, 2.75) is 70.6 Å². The third-order valence-corrected chi connectivity index (χ3v) is 7.53. The Balaban J connectivity index is 1.47. The van der Waals surface area contributed by atoms with E-state index in [-0.39, 0.29) is 29.2 Å². The molecule has 1 aliphatic heterocycles. The van der Waals surface area contributed by atoms with Crippen molar-refractivity contribution in [2.24, 2.45) is 0 Å². The number of aryl methyl sites for hydroxylation is 1. The highest BCUT2D eigenvalue weighted by molar-refractivity contribution is 5.78. The van der Waals surface area contributed by atoms with E-state index in [0.717, 1.165) is 36.5 Å². The van der Waals surface area contributed by atoms with Gasteiger partial charge in [-0.05, 0) is 76.1 Å². The molecule has 4 aromatic rings. The summed E-state index contributed by atoms with van der Waals surface area (Å²) in [6, 6.07) is 5.90. The molecule has 36 heavy (non-hydrogen) atoms. The molecular weight excluding hydrogens is 462 g/mol. The molecule has 0 radical (unpaired) electrons. The molecule has 1 aliphatic carbocycles. The fraction of sp³-hybridized carbons (Fsp3) is 0.393. The first-order valence-electron chi connectivity index (χ1n) is 12.5. The van der Waals surface area contributed by atoms with Gasteiger partial charge in [0.05, 0.1) is 24.4 Å². The molecule has 0 spiro atoms. The molecule has 1 saturated carbocycles. The predicted molar refractivity (Wildman–Crippen MR) is 132 cm³/mol. The second-order valence-electron chi connectivity index (χ2n) is 10.2. The minimum Gasteiger partial charge on any atom is -0.370 e. The molecule has 0 bridgehead atoms. The lowest BCUT2D eigenvalue weighted by molar-refractivity contribution is -0.0501. The van der Waals surface area contributed by atoms with Gasteiger partial charge in [-0.25, -0.2) is 13.8 Å². The normalized spacial score (nSPS) is 22.3. The number of fused-ring (bicyclic) bond motifs is 1. The van der Waals surface area contributed by atoms with E-state index < -0.39 is 11.6 Å². The Morgan fingerprint density at radius 1 is 1.03 bits per heavy atom. The van der Waals surface area contributed by atoms with Gasteiger partial charge in [-0.2, -0.15) is 5.10 Å². The molecular formula is C28H28F2N4O2. The fourth-order valence-corrected chi connectivity index (χ4v) is 5.28. The second-order valence-corrected chi connectivity index (χ2v) is 10.2. The first-order valence-corrected chi connectivity index (χ1v) is 12.5. The number of pyridine rings is 1. The van der Waals surface area contributed by atoms with Gasteiger partial charge >= 0.3 is 0 Å². The molecule has 0 amide bonds. The lowest BCUT2D eigenvalue weighted by Crippen LogP contribution is -2.26. The largest absolute Gasteiger partial charge is 0.370 e. The van der Waals surface area contributed by atoms with Crippen LogP contribution in [0.25, 0.3) is 16.8 Å². The van der Waals surface area contributed by atoms with E-state index in [4.69, 9.17) is 4.74 Å². The highest BCUT2D eigenvalue weighted by Gasteiger charge is 2.32. The zero-order valence-electron chi connectivity index (χ0n) is 20.5. The average Bonchev–Trinajstić information content (AvgIpc) is 3.58. The van der Waals surface area contributed by atoms with E-state index in [9.17, 15) is 13.6 Å². The van der Waals surface area contributed by atoms with Gasteiger partial charge in [-0.3, -0.25) is 13.9 Å². The van der Waals surface area contributed by atoms with Gasteiger partial charge in [0.2, 0.25) is 0 Å². The van der Waals surface area contributed by atoms with Crippen molar-refractivity contribution >= 4 is 5.65 Å². The monoisotopic (exact) mass is 490 g/mol. The predicted octanol–water partition coefficient (Wildman–Crippen LogP) is 5.81. The highest BCUT2D eigenvalue weighted by atomic mass is 19.1. The van der Waals surface area contributed by atoms with Gasteiger partial charge in [-0.1, -0.05) is 0 Å². The molecule has 6 nitrogen and oxygen atoms in total. The van der Waals surface area contributed by atoms with Gasteiger partial charge in [-0.15, -0.1) is 0 Å². The summed E-state index contributed by atoms with van der Waals surface area (Å²) in [4.78, 5) is 17.9. The van der Waals surface area contributed by atoms with Crippen LogP contribution < -0.4 is 5.56 Å². The van der Waals surface area contributed by atoms with Crippen LogP contribution in [0, 0.1) is 25.5 Å². The van der Waals surface area contributed by atoms with Crippen molar-refractivity contribution in [2.75, 3.05) is 0 Å². The van der Waals surface area contributed by atoms with Crippen LogP contribution in [0.4, 0.5) is 8.78 Å². The molecule has 8 heteroatoms. The number of hydrogen-bond donors (Lipinski definition) is 0. The summed E-state index contributed by atoms with van der Waals surface area (Å²) in [5, 5.41) is 4.53. The third-order valence-electron chi connectivity index (χ3n) is 7.53. The SMILES string of the molecule is Cc1nc2c(-c3ccc(F)cc3F)cc([C@H]3C[C@@H](C)O[C@@H](c4cnn(C5CC5)c4)C3)cn2c(=O)c1C. The molecule has 6 rings (SSSR count). The number of ether oxygens (including phenoxy) is 1. The maximum absolute atomic E-state index is 15.0. The van der Waals surface area contributed by atoms with E-state index in [0.29, 0.717) is 34.9 Å². The molecule has 1 saturated heterocycles. The van der Waals surface area contributed by atoms with Crippen molar-refractivity contribution in [3.05, 3.63) is 87.2 Å². The van der Waals surface area contributed by atoms with Crippen molar-refractivity contribution in [1.29, 1.82) is 0 Å². The van der Waals surface area contributed by atoms with Gasteiger partial charge in [0.15, 0.2) is 0 Å². The molecule has 186 valence electrons. The van der Waals surface area contributed by atoms with Gasteiger partial charge in [0.25, 0.3) is 5.56 Å². The minimum absolute atomic E-state index is 0.00525. The fourth-order valence-electron chi connectivity index (χ4n) is 5.28. The number of hydrogen-bond acceptors (Lipinski definition) is 4. The number of benzene rings is 1. The summed E-state index contributed by atoms with van der Waals surface area (Å²) in [5.74, 6) is -1.27. The summed E-state index contributed by atoms with van der Waals surface area (Å²) in [5.41, 5.74) is 3.95. The van der Waals surface area contributed by atoms with Crippen LogP contribution in [-0.4, -0.2) is 25.3 Å². The molecule has 0 N–H and O–H groups in total. The number of aromatic nitrogens is 4. The Bertz CT molecular complexity index is 1540. The molecule has 2 aliphatic rings. The molecule has 3 atom stereocenters. The lowest BCUT2D eigenvalue weighted by Gasteiger charge is -2.34. The molecule has 2 fully saturated rings. The van der Waals surface area contributed by atoms with Crippen molar-refractivity contribution in [1.82, 2.24) is 19.2 Å². The van der Waals surface area contributed by atoms with Gasteiger partial charge < -0.3 is 4.74 Å². The minimum atomic E-state index is -0.688. The van der Waals surface area contributed by atoms with Gasteiger partial charge in [0.1, 0.15) is 17.3 Å². The van der Waals surface area contributed by atoms with Crippen LogP contribution in [-0.2, 0) is 4.74 Å². The topological polar surface area (TPSA) is 61.4 Å². The Morgan fingerprint density at radius 3 is 2.58 bits per heavy atom. The Kier molecular flexibility index (Phi) is 5.52. The van der Waals surface area contributed by atoms with Crippen LogP contribution in [0.5, 0.6) is 0 Å². The van der Waals surface area contributed by atoms with Crippen LogP contribution in [0.15, 0.2) is 47.7 Å². The van der Waals surface area contributed by atoms with Crippen molar-refractivity contribution < 1.29 is 13.5 Å². The lowest BCUT2D eigenvalue weighted by atomic mass is 9.84. The van der Waals surface area contributed by atoms with E-state index in [2.05, 4.69) is 16.3 Å². The summed E-state index contributed by atoms with van der Waals surface area (Å²) < 4.78 is 38.5. The standard InChI is InChI=1S/C28H28F2N4O2/c1-15-8-18(10-26(36-15)20-12-31-34(14-20)22-5-6-22)19-9-24(23-7-4-21(29)11-25(23)30)27-32-17(3)16(2)28(35)33(27)13-19/h4,7,9,11-15,18,22,26H,5-6,8,10H2,1-3H3/t15-,18+,26-/m1/s1. The molecule has 3 aromatic heterocycles. The smallest absolute Gasteiger partial charge is 0.261 e. The van der Waals surface area contributed by atoms with Crippen LogP contribution in [0.2, 0.25) is 0 Å².